The second-order valence-corrected chi connectivity index (χ2v) is 13.7. The first-order valence-electron chi connectivity index (χ1n) is 6.32. The number of hydrogen-bond acceptors (Lipinski definition) is 0. The second kappa shape index (κ2) is 5.94. The van der Waals surface area contributed by atoms with Crippen LogP contribution in [0.3, 0.4) is 0 Å². The summed E-state index contributed by atoms with van der Waals surface area (Å²) in [6.45, 7) is 0. The molecule has 0 aromatic heterocycles. The van der Waals surface area contributed by atoms with Crippen molar-refractivity contribution in [2.45, 2.75) is 73.6 Å². The van der Waals surface area contributed by atoms with Crippen LogP contribution in [0.15, 0.2) is 0 Å². The van der Waals surface area contributed by atoms with Crippen molar-refractivity contribution >= 4 is 26.7 Å². The Hall–Kier alpha value is 1.04. The van der Waals surface area contributed by atoms with Crippen molar-refractivity contribution in [2.75, 3.05) is 0 Å². The Morgan fingerprint density at radius 3 is 1.36 bits per heavy atom. The molecule has 0 bridgehead atoms. The number of hydrogen-bond donors (Lipinski definition) is 0. The van der Waals surface area contributed by atoms with E-state index in [1.165, 1.54) is 38.5 Å². The van der Waals surface area contributed by atoms with Crippen molar-refractivity contribution in [3.05, 3.63) is 0 Å². The monoisotopic (exact) mass is 320 g/mol. The number of rotatable bonds is 2. The Morgan fingerprint density at radius 2 is 1.00 bits per heavy atom. The summed E-state index contributed by atoms with van der Waals surface area (Å²) >= 11 is 3.52. The molecular weight excluding hydrogens is 299 g/mol. The van der Waals surface area contributed by atoms with Crippen molar-refractivity contribution in [1.29, 1.82) is 0 Å². The van der Waals surface area contributed by atoms with Gasteiger partial charge in [-0.3, -0.25) is 0 Å². The van der Waals surface area contributed by atoms with E-state index < -0.39 is 12.8 Å². The van der Waals surface area contributed by atoms with Crippen LogP contribution in [-0.2, 0) is 0 Å². The zero-order chi connectivity index (χ0) is 9.80. The Bertz CT molecular complexity index is 142. The summed E-state index contributed by atoms with van der Waals surface area (Å²) in [5.74, 6) is 0. The van der Waals surface area contributed by atoms with Gasteiger partial charge in [0.05, 0.1) is 0 Å². The normalized spacial score (nSPS) is 27.0. The molecule has 2 saturated carbocycles. The van der Waals surface area contributed by atoms with E-state index in [2.05, 4.69) is 13.9 Å². The van der Waals surface area contributed by atoms with E-state index in [0.29, 0.717) is 0 Å². The molecule has 2 fully saturated rings. The van der Waals surface area contributed by atoms with Gasteiger partial charge in [0.1, 0.15) is 0 Å². The zero-order valence-electron chi connectivity index (χ0n) is 9.05. The maximum atomic E-state index is 4.15. The Labute approximate surface area is 100 Å². The Kier molecular flexibility index (Phi) is 4.89. The molecule has 0 unspecified atom stereocenters. The first kappa shape index (κ1) is 11.5. The van der Waals surface area contributed by atoms with Crippen LogP contribution in [0.2, 0.25) is 9.41 Å². The topological polar surface area (TPSA) is 0 Å². The quantitative estimate of drug-likeness (QED) is 0.625. The first-order valence-corrected chi connectivity index (χ1v) is 12.9. The van der Waals surface area contributed by atoms with Crippen LogP contribution in [0.25, 0.3) is 0 Å². The summed E-state index contributed by atoms with van der Waals surface area (Å²) < 4.78 is 2.30. The van der Waals surface area contributed by atoms with E-state index >= 15 is 0 Å². The second-order valence-electron chi connectivity index (χ2n) is 4.93. The molecule has 0 aromatic carbocycles. The van der Waals surface area contributed by atoms with Gasteiger partial charge in [-0.05, 0) is 0 Å². The molecular formula is C12H22AsBr. The van der Waals surface area contributed by atoms with Gasteiger partial charge in [0.15, 0.2) is 0 Å². The van der Waals surface area contributed by atoms with Crippen molar-refractivity contribution < 1.29 is 0 Å². The number of halogens is 1. The summed E-state index contributed by atoms with van der Waals surface area (Å²) in [4.78, 5) is 0. The molecule has 0 aliphatic heterocycles. The third-order valence-corrected chi connectivity index (χ3v) is 15.0. The summed E-state index contributed by atoms with van der Waals surface area (Å²) in [6, 6.07) is 0. The first-order chi connectivity index (χ1) is 6.88. The van der Waals surface area contributed by atoms with Crippen molar-refractivity contribution in [3.63, 3.8) is 0 Å². The van der Waals surface area contributed by atoms with Crippen LogP contribution in [0.4, 0.5) is 0 Å². The minimum atomic E-state index is -0.622. The van der Waals surface area contributed by atoms with E-state index in [1.807, 2.05) is 0 Å². The molecule has 0 saturated heterocycles. The van der Waals surface area contributed by atoms with E-state index in [0.717, 1.165) is 9.41 Å². The standard InChI is InChI=1S/C12H22AsBr/c14-13(11-7-3-1-4-8-11)12-9-5-2-6-10-12/h11-12H,1-10H2. The molecule has 0 N–H and O–H groups in total. The molecule has 2 aliphatic rings. The van der Waals surface area contributed by atoms with Crippen LogP contribution >= 0.6 is 13.9 Å². The average Bonchev–Trinajstić information content (AvgIpc) is 2.30. The maximum absolute atomic E-state index is 4.15. The predicted octanol–water partition coefficient (Wildman–Crippen LogP) is 5.04. The predicted molar refractivity (Wildman–Crippen MR) is 68.4 cm³/mol. The van der Waals surface area contributed by atoms with Crippen LogP contribution in [0, 0.1) is 0 Å². The van der Waals surface area contributed by atoms with Crippen LogP contribution in [0.1, 0.15) is 64.2 Å². The van der Waals surface area contributed by atoms with Gasteiger partial charge in [0.2, 0.25) is 0 Å². The summed E-state index contributed by atoms with van der Waals surface area (Å²) in [5, 5.41) is 0. The van der Waals surface area contributed by atoms with Crippen LogP contribution in [0.5, 0.6) is 0 Å². The fraction of sp³-hybridized carbons (Fsp3) is 1.00. The molecule has 0 atom stereocenters. The van der Waals surface area contributed by atoms with Gasteiger partial charge >= 0.3 is 100 Å². The molecule has 2 aliphatic carbocycles. The Morgan fingerprint density at radius 1 is 0.643 bits per heavy atom. The third-order valence-electron chi connectivity index (χ3n) is 3.85. The van der Waals surface area contributed by atoms with Gasteiger partial charge in [-0.2, -0.15) is 0 Å². The summed E-state index contributed by atoms with van der Waals surface area (Å²) in [6.07, 6.45) is 15.3. The molecule has 14 heavy (non-hydrogen) atoms. The van der Waals surface area contributed by atoms with Gasteiger partial charge < -0.3 is 0 Å². The van der Waals surface area contributed by atoms with Gasteiger partial charge in [0, 0.05) is 0 Å². The molecule has 0 amide bonds. The van der Waals surface area contributed by atoms with Crippen LogP contribution in [-0.4, -0.2) is 12.8 Å². The molecule has 0 spiro atoms. The molecule has 0 radical (unpaired) electrons. The molecule has 2 heteroatoms. The van der Waals surface area contributed by atoms with Gasteiger partial charge in [-0.1, -0.05) is 0 Å². The van der Waals surface area contributed by atoms with Gasteiger partial charge in [0.25, 0.3) is 0 Å². The zero-order valence-corrected chi connectivity index (χ0v) is 12.5. The summed E-state index contributed by atoms with van der Waals surface area (Å²) in [5.41, 5.74) is 0. The molecule has 82 valence electrons. The molecule has 0 nitrogen and oxygen atoms in total. The van der Waals surface area contributed by atoms with Crippen LogP contribution < -0.4 is 0 Å². The third kappa shape index (κ3) is 3.01. The molecule has 2 rings (SSSR count). The van der Waals surface area contributed by atoms with E-state index in [-0.39, 0.29) is 0 Å². The van der Waals surface area contributed by atoms with Gasteiger partial charge in [-0.25, -0.2) is 0 Å². The molecule has 0 aromatic rings. The van der Waals surface area contributed by atoms with E-state index in [4.69, 9.17) is 0 Å². The fourth-order valence-corrected chi connectivity index (χ4v) is 12.1. The fourth-order valence-electron chi connectivity index (χ4n) is 2.95. The Balaban J connectivity index is 1.82. The van der Waals surface area contributed by atoms with Gasteiger partial charge in [-0.15, -0.1) is 0 Å². The van der Waals surface area contributed by atoms with Crippen molar-refractivity contribution in [3.8, 4) is 0 Å². The van der Waals surface area contributed by atoms with E-state index in [1.54, 1.807) is 25.7 Å². The van der Waals surface area contributed by atoms with Crippen molar-refractivity contribution in [1.82, 2.24) is 0 Å². The SMILES string of the molecule is Br[As](C1CCCCC1)C1CCCCC1. The average molecular weight is 321 g/mol. The molecule has 0 heterocycles. The summed E-state index contributed by atoms with van der Waals surface area (Å²) in [7, 11) is 0. The minimum absolute atomic E-state index is 0.622. The van der Waals surface area contributed by atoms with E-state index in [9.17, 15) is 0 Å². The van der Waals surface area contributed by atoms with Crippen molar-refractivity contribution in [2.24, 2.45) is 0 Å².